The van der Waals surface area contributed by atoms with E-state index in [9.17, 15) is 19.5 Å². The van der Waals surface area contributed by atoms with Crippen LogP contribution in [0.3, 0.4) is 0 Å². The molecule has 0 fully saturated rings. The SMILES string of the molecule is CCc1cc2c(cc1O)C(=O)N(/C=C/C(=O)O)C2=O. The molecule has 6 nitrogen and oxygen atoms in total. The number of imide groups is 1. The number of aliphatic carboxylic acids is 1. The molecule has 1 aromatic carbocycles. The summed E-state index contributed by atoms with van der Waals surface area (Å²) in [5.41, 5.74) is 0.813. The monoisotopic (exact) mass is 261 g/mol. The van der Waals surface area contributed by atoms with Gasteiger partial charge in [0.15, 0.2) is 0 Å². The van der Waals surface area contributed by atoms with E-state index in [1.54, 1.807) is 0 Å². The molecule has 0 radical (unpaired) electrons. The molecule has 0 unspecified atom stereocenters. The van der Waals surface area contributed by atoms with E-state index in [2.05, 4.69) is 0 Å². The second-order valence-corrected chi connectivity index (χ2v) is 4.01. The Morgan fingerprint density at radius 3 is 2.37 bits per heavy atom. The normalized spacial score (nSPS) is 14.3. The molecule has 0 atom stereocenters. The second kappa shape index (κ2) is 4.56. The van der Waals surface area contributed by atoms with Crippen molar-refractivity contribution in [2.75, 3.05) is 0 Å². The van der Waals surface area contributed by atoms with Crippen LogP contribution >= 0.6 is 0 Å². The van der Waals surface area contributed by atoms with E-state index < -0.39 is 17.8 Å². The number of rotatable bonds is 3. The number of nitrogens with zero attached hydrogens (tertiary/aromatic N) is 1. The summed E-state index contributed by atoms with van der Waals surface area (Å²) in [6.07, 6.45) is 2.14. The fourth-order valence-corrected chi connectivity index (χ4v) is 1.90. The Morgan fingerprint density at radius 1 is 1.26 bits per heavy atom. The number of carboxylic acids is 1. The molecule has 0 spiro atoms. The van der Waals surface area contributed by atoms with Gasteiger partial charge in [-0.2, -0.15) is 0 Å². The summed E-state index contributed by atoms with van der Waals surface area (Å²) in [6, 6.07) is 2.70. The summed E-state index contributed by atoms with van der Waals surface area (Å²) in [5, 5.41) is 18.2. The van der Waals surface area contributed by atoms with Crippen LogP contribution in [-0.4, -0.2) is 32.9 Å². The van der Waals surface area contributed by atoms with Gasteiger partial charge in [0.2, 0.25) is 0 Å². The number of phenolic OH excluding ortho intramolecular Hbond substituents is 1. The van der Waals surface area contributed by atoms with E-state index in [4.69, 9.17) is 5.11 Å². The molecule has 1 aliphatic rings. The minimum absolute atomic E-state index is 0.0496. The van der Waals surface area contributed by atoms with Crippen molar-refractivity contribution in [1.29, 1.82) is 0 Å². The van der Waals surface area contributed by atoms with Crippen molar-refractivity contribution >= 4 is 17.8 Å². The van der Waals surface area contributed by atoms with E-state index in [1.807, 2.05) is 6.92 Å². The number of carbonyl (C=O) groups excluding carboxylic acids is 2. The molecule has 1 heterocycles. The molecule has 0 saturated carbocycles. The van der Waals surface area contributed by atoms with Crippen LogP contribution in [-0.2, 0) is 11.2 Å². The maximum absolute atomic E-state index is 12.0. The maximum atomic E-state index is 12.0. The van der Waals surface area contributed by atoms with Crippen LogP contribution in [0.25, 0.3) is 0 Å². The Bertz CT molecular complexity index is 618. The fourth-order valence-electron chi connectivity index (χ4n) is 1.90. The van der Waals surface area contributed by atoms with Gasteiger partial charge in [0, 0.05) is 12.3 Å². The molecule has 1 aromatic rings. The number of hydrogen-bond acceptors (Lipinski definition) is 4. The van der Waals surface area contributed by atoms with Gasteiger partial charge in [-0.1, -0.05) is 6.92 Å². The zero-order valence-electron chi connectivity index (χ0n) is 10.1. The predicted molar refractivity (Wildman–Crippen MR) is 64.8 cm³/mol. The molecule has 0 aliphatic carbocycles. The highest BCUT2D eigenvalue weighted by atomic mass is 16.4. The number of aromatic hydroxyl groups is 1. The third-order valence-electron chi connectivity index (χ3n) is 2.86. The molecule has 19 heavy (non-hydrogen) atoms. The average molecular weight is 261 g/mol. The third kappa shape index (κ3) is 2.08. The molecule has 6 heteroatoms. The van der Waals surface area contributed by atoms with Gasteiger partial charge in [0.25, 0.3) is 11.8 Å². The van der Waals surface area contributed by atoms with Crippen LogP contribution in [0, 0.1) is 0 Å². The van der Waals surface area contributed by atoms with Crippen molar-refractivity contribution in [1.82, 2.24) is 4.90 Å². The van der Waals surface area contributed by atoms with Crippen molar-refractivity contribution in [2.24, 2.45) is 0 Å². The van der Waals surface area contributed by atoms with Crippen molar-refractivity contribution in [3.05, 3.63) is 41.1 Å². The van der Waals surface area contributed by atoms with Crippen LogP contribution < -0.4 is 0 Å². The fraction of sp³-hybridized carbons (Fsp3) is 0.154. The molecule has 98 valence electrons. The highest BCUT2D eigenvalue weighted by molar-refractivity contribution is 6.22. The van der Waals surface area contributed by atoms with Crippen molar-refractivity contribution < 1.29 is 24.6 Å². The summed E-state index contributed by atoms with van der Waals surface area (Å²) in [6.45, 7) is 1.81. The maximum Gasteiger partial charge on any atom is 0.329 e. The van der Waals surface area contributed by atoms with E-state index in [1.165, 1.54) is 12.1 Å². The number of carboxylic acid groups (broad SMARTS) is 1. The highest BCUT2D eigenvalue weighted by Gasteiger charge is 2.35. The first kappa shape index (κ1) is 12.8. The van der Waals surface area contributed by atoms with Gasteiger partial charge in [-0.05, 0) is 24.1 Å². The predicted octanol–water partition coefficient (Wildman–Crippen LogP) is 1.15. The Labute approximate surface area is 108 Å². The van der Waals surface area contributed by atoms with Gasteiger partial charge in [-0.25, -0.2) is 9.69 Å². The standard InChI is InChI=1S/C13H11NO5/c1-2-7-5-8-9(6-10(7)15)13(19)14(12(8)18)4-3-11(16)17/h3-6,15H,2H2,1H3,(H,16,17)/b4-3+. The van der Waals surface area contributed by atoms with Crippen molar-refractivity contribution in [3.63, 3.8) is 0 Å². The number of benzene rings is 1. The molecular weight excluding hydrogens is 250 g/mol. The van der Waals surface area contributed by atoms with Crippen LogP contribution in [0.2, 0.25) is 0 Å². The number of amides is 2. The summed E-state index contributed by atoms with van der Waals surface area (Å²) in [7, 11) is 0. The molecule has 2 rings (SSSR count). The molecule has 1 aliphatic heterocycles. The van der Waals surface area contributed by atoms with E-state index in [0.717, 1.165) is 11.1 Å². The third-order valence-corrected chi connectivity index (χ3v) is 2.86. The summed E-state index contributed by atoms with van der Waals surface area (Å²) >= 11 is 0. The van der Waals surface area contributed by atoms with Crippen molar-refractivity contribution in [3.8, 4) is 5.75 Å². The van der Waals surface area contributed by atoms with Gasteiger partial charge < -0.3 is 10.2 Å². The summed E-state index contributed by atoms with van der Waals surface area (Å²) < 4.78 is 0. The lowest BCUT2D eigenvalue weighted by Gasteiger charge is -2.05. The Hall–Kier alpha value is -2.63. The van der Waals surface area contributed by atoms with Crippen LogP contribution in [0.15, 0.2) is 24.4 Å². The van der Waals surface area contributed by atoms with Gasteiger partial charge >= 0.3 is 5.97 Å². The summed E-state index contributed by atoms with van der Waals surface area (Å²) in [4.78, 5) is 35.0. The smallest absolute Gasteiger partial charge is 0.329 e. The van der Waals surface area contributed by atoms with Gasteiger partial charge in [0.1, 0.15) is 5.75 Å². The molecule has 0 saturated heterocycles. The average Bonchev–Trinajstić information content (AvgIpc) is 2.58. The number of hydrogen-bond donors (Lipinski definition) is 2. The highest BCUT2D eigenvalue weighted by Crippen LogP contribution is 2.30. The quantitative estimate of drug-likeness (QED) is 0.628. The van der Waals surface area contributed by atoms with Crippen LogP contribution in [0.4, 0.5) is 0 Å². The molecule has 0 aromatic heterocycles. The van der Waals surface area contributed by atoms with Crippen molar-refractivity contribution in [2.45, 2.75) is 13.3 Å². The van der Waals surface area contributed by atoms with Gasteiger partial charge in [0.05, 0.1) is 11.1 Å². The first-order valence-electron chi connectivity index (χ1n) is 5.60. The largest absolute Gasteiger partial charge is 0.508 e. The number of phenols is 1. The number of carbonyl (C=O) groups is 3. The van der Waals surface area contributed by atoms with Crippen LogP contribution in [0.1, 0.15) is 33.2 Å². The first-order valence-corrected chi connectivity index (χ1v) is 5.60. The lowest BCUT2D eigenvalue weighted by Crippen LogP contribution is -2.23. The molecular formula is C13H11NO5. The van der Waals surface area contributed by atoms with E-state index in [0.29, 0.717) is 18.1 Å². The van der Waals surface area contributed by atoms with Gasteiger partial charge in [-0.15, -0.1) is 0 Å². The molecule has 2 N–H and O–H groups in total. The summed E-state index contributed by atoms with van der Waals surface area (Å²) in [5.74, 6) is -2.54. The zero-order chi connectivity index (χ0) is 14.2. The Morgan fingerprint density at radius 2 is 1.84 bits per heavy atom. The minimum atomic E-state index is -1.26. The van der Waals surface area contributed by atoms with Crippen LogP contribution in [0.5, 0.6) is 5.75 Å². The molecule has 2 amide bonds. The van der Waals surface area contributed by atoms with E-state index >= 15 is 0 Å². The minimum Gasteiger partial charge on any atom is -0.508 e. The Kier molecular flexibility index (Phi) is 3.08. The van der Waals surface area contributed by atoms with Gasteiger partial charge in [-0.3, -0.25) is 9.59 Å². The number of fused-ring (bicyclic) bond motifs is 1. The number of aryl methyl sites for hydroxylation is 1. The van der Waals surface area contributed by atoms with E-state index in [-0.39, 0.29) is 16.9 Å². The lowest BCUT2D eigenvalue weighted by atomic mass is 10.0. The first-order chi connectivity index (χ1) is 8.95. The lowest BCUT2D eigenvalue weighted by molar-refractivity contribution is -0.131. The molecule has 0 bridgehead atoms. The Balaban J connectivity index is 2.47. The second-order valence-electron chi connectivity index (χ2n) is 4.01. The zero-order valence-corrected chi connectivity index (χ0v) is 10.1. The topological polar surface area (TPSA) is 94.9 Å².